The van der Waals surface area contributed by atoms with E-state index in [4.69, 9.17) is 47.4 Å². The molecule has 70 heavy (non-hydrogen) atoms. The molecular formula is C52H64N2O16. The lowest BCUT2D eigenvalue weighted by Crippen LogP contribution is -2.76. The van der Waals surface area contributed by atoms with E-state index in [0.29, 0.717) is 81.9 Å². The molecule has 0 aromatic heterocycles. The molecule has 2 spiro atoms. The third kappa shape index (κ3) is 7.39. The molecular weight excluding hydrogens is 909 g/mol. The molecule has 18 nitrogen and oxygen atoms in total. The minimum Gasteiger partial charge on any atom is -0.477 e. The summed E-state index contributed by atoms with van der Waals surface area (Å²) in [4.78, 5) is 57.1. The van der Waals surface area contributed by atoms with Gasteiger partial charge in [-0.1, -0.05) is 12.1 Å². The Kier molecular flexibility index (Phi) is 12.0. The van der Waals surface area contributed by atoms with Gasteiger partial charge in [0.25, 0.3) is 0 Å². The van der Waals surface area contributed by atoms with Crippen LogP contribution in [0.5, 0.6) is 23.0 Å². The predicted molar refractivity (Wildman–Crippen MR) is 243 cm³/mol. The predicted octanol–water partition coefficient (Wildman–Crippen LogP) is 4.27. The van der Waals surface area contributed by atoms with Crippen molar-refractivity contribution in [1.29, 1.82) is 0 Å². The fourth-order valence-electron chi connectivity index (χ4n) is 14.1. The Bertz CT molecular complexity index is 2430. The summed E-state index contributed by atoms with van der Waals surface area (Å²) in [6.07, 6.45) is 4.54. The number of likely N-dealkylation sites (tertiary alicyclic amines) is 2. The van der Waals surface area contributed by atoms with Crippen LogP contribution in [0.15, 0.2) is 24.3 Å². The number of carbonyl (C=O) groups excluding carboxylic acids is 4. The smallest absolute Gasteiger partial charge is 0.477 e. The molecule has 2 N–H and O–H groups in total. The molecule has 6 fully saturated rings. The highest BCUT2D eigenvalue weighted by molar-refractivity contribution is 5.91. The lowest BCUT2D eigenvalue weighted by Gasteiger charge is -2.62. The standard InChI is InChI=1S/C52H64N2O16/c1-30-51(59)12-10-37(56)46-50(51)27-35(54(30)29-32-4-5-32)34-7-9-39(44(70-46)42(34)50)68-48(58)66-25-23-64-21-19-62-17-16-61-18-20-63-22-24-65-47(57)67-38-8-6-33-26-40-52(60)13-11-36(55)45-49(52,41(33)43(38)69-45)14-15-53(40)28-31-2-3-31/h6-9,30-32,35,40,45-46,59-60H,2-5,10-29H2,1H3/t30?,35?,40?,45-,46-,49-,50-,51+,52+/m0/s1. The first kappa shape index (κ1) is 46.7. The first-order valence-corrected chi connectivity index (χ1v) is 25.6. The highest BCUT2D eigenvalue weighted by Crippen LogP contribution is 2.70. The monoisotopic (exact) mass is 972 g/mol. The lowest BCUT2D eigenvalue weighted by atomic mass is 9.49. The maximum absolute atomic E-state index is 13.3. The van der Waals surface area contributed by atoms with Gasteiger partial charge in [-0.15, -0.1) is 0 Å². The molecule has 378 valence electrons. The molecule has 0 amide bonds. The van der Waals surface area contributed by atoms with Crippen molar-refractivity contribution in [3.63, 3.8) is 0 Å². The van der Waals surface area contributed by atoms with E-state index < -0.39 is 46.6 Å². The minimum atomic E-state index is -1.15. The van der Waals surface area contributed by atoms with E-state index in [1.54, 1.807) is 12.1 Å². The number of carbonyl (C=O) groups is 4. The summed E-state index contributed by atoms with van der Waals surface area (Å²) in [6, 6.07) is 7.13. The van der Waals surface area contributed by atoms with Crippen molar-refractivity contribution >= 4 is 23.9 Å². The van der Waals surface area contributed by atoms with Gasteiger partial charge in [0.15, 0.2) is 46.8 Å². The average molecular weight is 973 g/mol. The normalized spacial score (nSPS) is 33.8. The van der Waals surface area contributed by atoms with Crippen LogP contribution in [0.2, 0.25) is 0 Å². The Balaban J connectivity index is 0.519. The number of rotatable bonds is 21. The van der Waals surface area contributed by atoms with Gasteiger partial charge in [-0.25, -0.2) is 9.59 Å². The van der Waals surface area contributed by atoms with Crippen molar-refractivity contribution in [2.24, 2.45) is 11.8 Å². The van der Waals surface area contributed by atoms with Crippen LogP contribution < -0.4 is 18.9 Å². The van der Waals surface area contributed by atoms with Gasteiger partial charge in [-0.3, -0.25) is 19.4 Å². The summed E-state index contributed by atoms with van der Waals surface area (Å²) < 4.78 is 56.8. The van der Waals surface area contributed by atoms with Crippen molar-refractivity contribution in [2.45, 2.75) is 130 Å². The van der Waals surface area contributed by atoms with Crippen molar-refractivity contribution < 1.29 is 76.8 Å². The number of fused-ring (bicyclic) bond motifs is 2. The first-order valence-electron chi connectivity index (χ1n) is 25.6. The van der Waals surface area contributed by atoms with Crippen LogP contribution in [0.1, 0.15) is 99.4 Å². The number of piperidine rings is 2. The van der Waals surface area contributed by atoms with Crippen molar-refractivity contribution in [1.82, 2.24) is 9.80 Å². The zero-order valence-electron chi connectivity index (χ0n) is 39.8. The summed E-state index contributed by atoms with van der Waals surface area (Å²) >= 11 is 0. The molecule has 10 aliphatic rings. The number of hydrogen-bond donors (Lipinski definition) is 2. The van der Waals surface area contributed by atoms with E-state index in [9.17, 15) is 29.4 Å². The van der Waals surface area contributed by atoms with Gasteiger partial charge in [-0.2, -0.15) is 0 Å². The van der Waals surface area contributed by atoms with E-state index in [2.05, 4.69) is 16.7 Å². The number of benzene rings is 2. The van der Waals surface area contributed by atoms with Crippen molar-refractivity contribution in [3.05, 3.63) is 46.5 Å². The Morgan fingerprint density at radius 3 is 1.79 bits per heavy atom. The summed E-state index contributed by atoms with van der Waals surface area (Å²) in [7, 11) is 0. The zero-order valence-corrected chi connectivity index (χ0v) is 39.8. The van der Waals surface area contributed by atoms with E-state index >= 15 is 0 Å². The van der Waals surface area contributed by atoms with E-state index in [1.807, 2.05) is 12.1 Å². The van der Waals surface area contributed by atoms with Gasteiger partial charge in [0.1, 0.15) is 13.2 Å². The third-order valence-corrected chi connectivity index (χ3v) is 17.7. The molecule has 2 aromatic carbocycles. The minimum absolute atomic E-state index is 0.0228. The molecule has 4 bridgehead atoms. The Hall–Kier alpha value is -4.40. The summed E-state index contributed by atoms with van der Waals surface area (Å²) in [6.45, 7) is 6.75. The van der Waals surface area contributed by atoms with E-state index in [-0.39, 0.29) is 93.7 Å². The second-order valence-corrected chi connectivity index (χ2v) is 21.3. The van der Waals surface area contributed by atoms with Crippen LogP contribution in [-0.4, -0.2) is 165 Å². The molecule has 4 aliphatic heterocycles. The van der Waals surface area contributed by atoms with Gasteiger partial charge in [0, 0.05) is 55.2 Å². The van der Waals surface area contributed by atoms with E-state index in [0.717, 1.165) is 41.9 Å². The van der Waals surface area contributed by atoms with Gasteiger partial charge in [0.05, 0.1) is 74.9 Å². The summed E-state index contributed by atoms with van der Waals surface area (Å²) in [5.74, 6) is 2.35. The molecule has 9 atom stereocenters. The van der Waals surface area contributed by atoms with Crippen LogP contribution in [0.25, 0.3) is 0 Å². The molecule has 4 saturated carbocycles. The second kappa shape index (κ2) is 18.0. The van der Waals surface area contributed by atoms with Gasteiger partial charge in [0.2, 0.25) is 0 Å². The first-order chi connectivity index (χ1) is 34.0. The van der Waals surface area contributed by atoms with E-state index in [1.165, 1.54) is 25.7 Å². The fraction of sp³-hybridized carbons (Fsp3) is 0.692. The highest BCUT2D eigenvalue weighted by atomic mass is 16.7. The summed E-state index contributed by atoms with van der Waals surface area (Å²) in [5, 5.41) is 24.9. The molecule has 2 aromatic rings. The Labute approximate surface area is 406 Å². The molecule has 12 rings (SSSR count). The number of nitrogens with zero attached hydrogens (tertiary/aromatic N) is 2. The SMILES string of the molecule is CC1N(CC2CC2)C2C[C@]34c5c2ccc(OC(=O)OCCOCCOCCOCCOCCOC(=O)Oc2ccc6c7c2O[C@H]2C(=O)CC[C@@]8(O)C(C6)N(CC6CC6)CC[C@]728)c5O[C@H]3C(=O)CC[C@@]14O. The molecule has 6 aliphatic carbocycles. The average Bonchev–Trinajstić information content (AvgIpc) is 4.26. The fourth-order valence-corrected chi connectivity index (χ4v) is 14.1. The second-order valence-electron chi connectivity index (χ2n) is 21.3. The maximum atomic E-state index is 13.3. The Morgan fingerprint density at radius 1 is 0.657 bits per heavy atom. The third-order valence-electron chi connectivity index (χ3n) is 17.7. The highest BCUT2D eigenvalue weighted by Gasteiger charge is 2.76. The molecule has 2 saturated heterocycles. The van der Waals surface area contributed by atoms with Gasteiger partial charge >= 0.3 is 12.3 Å². The molecule has 4 heterocycles. The number of ether oxygens (including phenoxy) is 10. The maximum Gasteiger partial charge on any atom is 0.514 e. The van der Waals surface area contributed by atoms with Crippen LogP contribution in [0, 0.1) is 11.8 Å². The Morgan fingerprint density at radius 2 is 1.19 bits per heavy atom. The number of ketones is 2. The number of Topliss-reactive ketones (excluding diaryl/α,β-unsaturated/α-hetero) is 2. The van der Waals surface area contributed by atoms with Crippen molar-refractivity contribution in [3.8, 4) is 23.0 Å². The number of hydrogen-bond acceptors (Lipinski definition) is 18. The zero-order chi connectivity index (χ0) is 48.0. The molecule has 0 radical (unpaired) electrons. The topological polar surface area (TPSA) is 208 Å². The summed E-state index contributed by atoms with van der Waals surface area (Å²) in [5.41, 5.74) is -0.265. The molecule has 18 heteroatoms. The van der Waals surface area contributed by atoms with Crippen LogP contribution in [-0.2, 0) is 55.3 Å². The van der Waals surface area contributed by atoms with Crippen molar-refractivity contribution in [2.75, 3.05) is 85.7 Å². The van der Waals surface area contributed by atoms with Crippen LogP contribution in [0.4, 0.5) is 9.59 Å². The number of aliphatic hydroxyl groups is 2. The molecule has 3 unspecified atom stereocenters. The largest absolute Gasteiger partial charge is 0.514 e. The van der Waals surface area contributed by atoms with Crippen LogP contribution in [0.3, 0.4) is 0 Å². The quantitative estimate of drug-likeness (QED) is 0.102. The van der Waals surface area contributed by atoms with Gasteiger partial charge < -0.3 is 57.6 Å². The van der Waals surface area contributed by atoms with Gasteiger partial charge in [-0.05, 0) is 106 Å². The lowest BCUT2D eigenvalue weighted by molar-refractivity contribution is -0.188. The van der Waals surface area contributed by atoms with Crippen LogP contribution >= 0.6 is 0 Å².